The van der Waals surface area contributed by atoms with Gasteiger partial charge in [0, 0.05) is 34.1 Å². The summed E-state index contributed by atoms with van der Waals surface area (Å²) in [5.74, 6) is -0.196. The maximum Gasteiger partial charge on any atom is 0.263 e. The first-order chi connectivity index (χ1) is 9.50. The van der Waals surface area contributed by atoms with E-state index in [-0.39, 0.29) is 11.6 Å². The molecule has 0 aliphatic heterocycles. The highest BCUT2D eigenvalue weighted by molar-refractivity contribution is 7.84. The van der Waals surface area contributed by atoms with Gasteiger partial charge < -0.3 is 11.1 Å². The molecule has 7 heteroatoms. The lowest BCUT2D eigenvalue weighted by Crippen LogP contribution is -2.25. The molecule has 0 aliphatic carbocycles. The number of nitrogens with one attached hydrogen (secondary N) is 1. The van der Waals surface area contributed by atoms with Crippen molar-refractivity contribution in [3.63, 3.8) is 0 Å². The van der Waals surface area contributed by atoms with Gasteiger partial charge in [-0.05, 0) is 18.6 Å². The lowest BCUT2D eigenvalue weighted by Gasteiger charge is -2.03. The van der Waals surface area contributed by atoms with Gasteiger partial charge in [-0.1, -0.05) is 6.07 Å². The fraction of sp³-hybridized carbons (Fsp3) is 0.308. The number of anilines is 1. The first-order valence-electron chi connectivity index (χ1n) is 6.05. The number of hydrogen-bond acceptors (Lipinski definition) is 4. The fourth-order valence-electron chi connectivity index (χ4n) is 1.86. The van der Waals surface area contributed by atoms with Gasteiger partial charge in [0.05, 0.1) is 11.1 Å². The Bertz CT molecular complexity index is 670. The molecular formula is C13H15FN2O2S2. The van der Waals surface area contributed by atoms with E-state index < -0.39 is 16.6 Å². The minimum absolute atomic E-state index is 0.180. The number of benzene rings is 1. The SMILES string of the molecule is CS(=O)CCCNC(=O)c1sc2cccc(F)c2c1N. The number of rotatable bonds is 5. The molecule has 4 nitrogen and oxygen atoms in total. The van der Waals surface area contributed by atoms with Crippen molar-refractivity contribution in [1.82, 2.24) is 5.32 Å². The summed E-state index contributed by atoms with van der Waals surface area (Å²) in [6.45, 7) is 0.425. The van der Waals surface area contributed by atoms with Crippen LogP contribution in [0.15, 0.2) is 18.2 Å². The summed E-state index contributed by atoms with van der Waals surface area (Å²) in [7, 11) is -0.868. The van der Waals surface area contributed by atoms with Crippen LogP contribution >= 0.6 is 11.3 Å². The molecule has 0 saturated carbocycles. The Morgan fingerprint density at radius 1 is 1.50 bits per heavy atom. The summed E-state index contributed by atoms with van der Waals surface area (Å²) < 4.78 is 25.2. The molecule has 3 N–H and O–H groups in total. The molecule has 1 atom stereocenters. The number of nitrogens with two attached hydrogens (primary N) is 1. The monoisotopic (exact) mass is 314 g/mol. The summed E-state index contributed by atoms with van der Waals surface area (Å²) >= 11 is 1.17. The van der Waals surface area contributed by atoms with E-state index in [0.29, 0.717) is 33.7 Å². The highest BCUT2D eigenvalue weighted by Crippen LogP contribution is 2.35. The summed E-state index contributed by atoms with van der Waals surface area (Å²) in [5.41, 5.74) is 6.03. The highest BCUT2D eigenvalue weighted by atomic mass is 32.2. The summed E-state index contributed by atoms with van der Waals surface area (Å²) in [6, 6.07) is 4.64. The van der Waals surface area contributed by atoms with Crippen LogP contribution in [0.2, 0.25) is 0 Å². The van der Waals surface area contributed by atoms with Crippen molar-refractivity contribution in [2.45, 2.75) is 6.42 Å². The zero-order valence-electron chi connectivity index (χ0n) is 10.9. The Labute approximate surface area is 122 Å². The molecule has 1 unspecified atom stereocenters. The second kappa shape index (κ2) is 6.32. The van der Waals surface area contributed by atoms with E-state index in [2.05, 4.69) is 5.32 Å². The molecule has 1 aromatic heterocycles. The molecule has 20 heavy (non-hydrogen) atoms. The van der Waals surface area contributed by atoms with Crippen molar-refractivity contribution in [2.24, 2.45) is 0 Å². The molecule has 0 aliphatic rings. The van der Waals surface area contributed by atoms with Crippen molar-refractivity contribution in [3.8, 4) is 0 Å². The topological polar surface area (TPSA) is 72.2 Å². The highest BCUT2D eigenvalue weighted by Gasteiger charge is 2.18. The number of amides is 1. The van der Waals surface area contributed by atoms with Crippen LogP contribution in [0.25, 0.3) is 10.1 Å². The summed E-state index contributed by atoms with van der Waals surface area (Å²) in [4.78, 5) is 12.3. The Hall–Kier alpha value is -1.47. The van der Waals surface area contributed by atoms with E-state index in [1.165, 1.54) is 17.4 Å². The lowest BCUT2D eigenvalue weighted by molar-refractivity contribution is 0.0958. The largest absolute Gasteiger partial charge is 0.397 e. The van der Waals surface area contributed by atoms with Crippen molar-refractivity contribution in [3.05, 3.63) is 28.9 Å². The molecule has 0 radical (unpaired) electrons. The number of halogens is 1. The van der Waals surface area contributed by atoms with E-state index >= 15 is 0 Å². The zero-order chi connectivity index (χ0) is 14.7. The normalized spacial score (nSPS) is 12.5. The van der Waals surface area contributed by atoms with Gasteiger partial charge >= 0.3 is 0 Å². The minimum atomic E-state index is -0.868. The van der Waals surface area contributed by atoms with E-state index in [0.717, 1.165) is 0 Å². The minimum Gasteiger partial charge on any atom is -0.397 e. The van der Waals surface area contributed by atoms with Gasteiger partial charge in [-0.3, -0.25) is 9.00 Å². The zero-order valence-corrected chi connectivity index (χ0v) is 12.6. The standard InChI is InChI=1S/C13H15FN2O2S2/c1-20(18)7-3-6-16-13(17)12-11(15)10-8(14)4-2-5-9(10)19-12/h2,4-5H,3,6-7,15H2,1H3,(H,16,17). The second-order valence-electron chi connectivity index (χ2n) is 4.34. The molecule has 0 saturated heterocycles. The average molecular weight is 314 g/mol. The Balaban J connectivity index is 2.13. The van der Waals surface area contributed by atoms with Crippen molar-refractivity contribution < 1.29 is 13.4 Å². The second-order valence-corrected chi connectivity index (χ2v) is 6.95. The first kappa shape index (κ1) is 14.9. The van der Waals surface area contributed by atoms with Crippen LogP contribution in [0, 0.1) is 5.82 Å². The van der Waals surface area contributed by atoms with Gasteiger partial charge in [-0.2, -0.15) is 0 Å². The Morgan fingerprint density at radius 3 is 2.90 bits per heavy atom. The molecule has 1 aromatic carbocycles. The number of carbonyl (C=O) groups excluding carboxylic acids is 1. The molecule has 0 spiro atoms. The van der Waals surface area contributed by atoms with E-state index in [1.54, 1.807) is 18.4 Å². The van der Waals surface area contributed by atoms with E-state index in [4.69, 9.17) is 5.73 Å². The molecule has 1 heterocycles. The third-order valence-electron chi connectivity index (χ3n) is 2.80. The Kier molecular flexibility index (Phi) is 4.72. The van der Waals surface area contributed by atoms with Crippen molar-refractivity contribution in [1.29, 1.82) is 0 Å². The first-order valence-corrected chi connectivity index (χ1v) is 8.59. The van der Waals surface area contributed by atoms with Crippen LogP contribution in [-0.4, -0.2) is 28.7 Å². The van der Waals surface area contributed by atoms with Gasteiger partial charge in [-0.25, -0.2) is 4.39 Å². The van der Waals surface area contributed by atoms with E-state index in [9.17, 15) is 13.4 Å². The van der Waals surface area contributed by atoms with Crippen LogP contribution in [0.5, 0.6) is 0 Å². The lowest BCUT2D eigenvalue weighted by atomic mass is 10.2. The number of hydrogen-bond donors (Lipinski definition) is 2. The Morgan fingerprint density at radius 2 is 2.25 bits per heavy atom. The third kappa shape index (κ3) is 3.16. The van der Waals surface area contributed by atoms with Crippen LogP contribution in [0.1, 0.15) is 16.1 Å². The smallest absolute Gasteiger partial charge is 0.263 e. The van der Waals surface area contributed by atoms with Crippen LogP contribution in [0.3, 0.4) is 0 Å². The summed E-state index contributed by atoms with van der Waals surface area (Å²) in [5, 5.41) is 3.01. The van der Waals surface area contributed by atoms with Gasteiger partial charge in [0.1, 0.15) is 10.7 Å². The molecule has 0 bridgehead atoms. The van der Waals surface area contributed by atoms with Crippen LogP contribution in [0.4, 0.5) is 10.1 Å². The maximum atomic E-state index is 13.7. The van der Waals surface area contributed by atoms with Gasteiger partial charge in [0.15, 0.2) is 0 Å². The van der Waals surface area contributed by atoms with Gasteiger partial charge in [-0.15, -0.1) is 11.3 Å². The molecule has 0 fully saturated rings. The predicted molar refractivity (Wildman–Crippen MR) is 82.1 cm³/mol. The summed E-state index contributed by atoms with van der Waals surface area (Å²) in [6.07, 6.45) is 2.25. The molecule has 1 amide bonds. The van der Waals surface area contributed by atoms with Crippen molar-refractivity contribution in [2.75, 3.05) is 24.3 Å². The molecule has 2 aromatic rings. The van der Waals surface area contributed by atoms with Crippen molar-refractivity contribution >= 4 is 43.8 Å². The van der Waals surface area contributed by atoms with Crippen LogP contribution in [-0.2, 0) is 10.8 Å². The number of nitrogen functional groups attached to an aromatic ring is 1. The van der Waals surface area contributed by atoms with E-state index in [1.807, 2.05) is 0 Å². The average Bonchev–Trinajstić information content (AvgIpc) is 2.73. The molecule has 2 rings (SSSR count). The van der Waals surface area contributed by atoms with Crippen LogP contribution < -0.4 is 11.1 Å². The number of thiophene rings is 1. The van der Waals surface area contributed by atoms with Gasteiger partial charge in [0.2, 0.25) is 0 Å². The fourth-order valence-corrected chi connectivity index (χ4v) is 3.46. The van der Waals surface area contributed by atoms with Gasteiger partial charge in [0.25, 0.3) is 5.91 Å². The maximum absolute atomic E-state index is 13.7. The third-order valence-corrected chi connectivity index (χ3v) is 4.83. The quantitative estimate of drug-likeness (QED) is 0.830. The molecule has 108 valence electrons. The number of fused-ring (bicyclic) bond motifs is 1. The predicted octanol–water partition coefficient (Wildman–Crippen LogP) is 2.12. The number of carbonyl (C=O) groups is 1. The molecular weight excluding hydrogens is 299 g/mol.